The Hall–Kier alpha value is -5.97. The van der Waals surface area contributed by atoms with Crippen LogP contribution in [0.25, 0.3) is 0 Å². The fourth-order valence-electron chi connectivity index (χ4n) is 3.79. The molecule has 0 radical (unpaired) electrons. The highest BCUT2D eigenvalue weighted by atomic mass is 79.9. The minimum absolute atomic E-state index is 0.0563. The number of carboxylic acids is 1. The average Bonchev–Trinajstić information content (AvgIpc) is 3.04. The first kappa shape index (κ1) is 36.5. The molecule has 0 saturated heterocycles. The lowest BCUT2D eigenvalue weighted by Gasteiger charge is -2.24. The molecule has 0 unspecified atom stereocenters. The first-order valence-corrected chi connectivity index (χ1v) is 14.3. The van der Waals surface area contributed by atoms with E-state index in [-0.39, 0.29) is 39.7 Å². The van der Waals surface area contributed by atoms with E-state index >= 15 is 0 Å². The van der Waals surface area contributed by atoms with Gasteiger partial charge in [-0.15, -0.1) is 0 Å². The number of methoxy groups -OCH3 is 2. The van der Waals surface area contributed by atoms with Gasteiger partial charge in [0, 0.05) is 23.9 Å². The van der Waals surface area contributed by atoms with Crippen molar-refractivity contribution in [1.82, 2.24) is 10.9 Å². The summed E-state index contributed by atoms with van der Waals surface area (Å²) < 4.78 is 31.2. The minimum atomic E-state index is -2.48. The first-order valence-electron chi connectivity index (χ1n) is 13.5. The highest BCUT2D eigenvalue weighted by molar-refractivity contribution is 9.10. The van der Waals surface area contributed by atoms with Gasteiger partial charge in [-0.3, -0.25) is 30.0 Å². The monoisotopic (exact) mass is 730 g/mol. The van der Waals surface area contributed by atoms with Crippen LogP contribution in [0.5, 0.6) is 23.0 Å². The molecule has 3 aromatic carbocycles. The molecule has 48 heavy (non-hydrogen) atoms. The lowest BCUT2D eigenvalue weighted by Crippen LogP contribution is -2.54. The van der Waals surface area contributed by atoms with E-state index in [1.807, 2.05) is 5.43 Å². The van der Waals surface area contributed by atoms with Crippen LogP contribution in [0.4, 0.5) is 0 Å². The van der Waals surface area contributed by atoms with Gasteiger partial charge < -0.3 is 33.5 Å². The largest absolute Gasteiger partial charge is 0.493 e. The Morgan fingerprint density at radius 3 is 1.48 bits per heavy atom. The molecule has 0 heterocycles. The molecule has 3 rings (SSSR count). The predicted octanol–water partition coefficient (Wildman–Crippen LogP) is 2.61. The molecule has 0 spiro atoms. The Morgan fingerprint density at radius 1 is 0.625 bits per heavy atom. The lowest BCUT2D eigenvalue weighted by molar-refractivity contribution is -0.159. The van der Waals surface area contributed by atoms with Gasteiger partial charge in [-0.25, -0.2) is 14.4 Å². The number of ether oxygens (including phenoxy) is 6. The number of hydrazine groups is 1. The molecular weight excluding hydrogens is 704 g/mol. The van der Waals surface area contributed by atoms with Gasteiger partial charge in [-0.1, -0.05) is 15.9 Å². The second kappa shape index (κ2) is 16.5. The molecular formula is C31H27BrN2O14. The summed E-state index contributed by atoms with van der Waals surface area (Å²) in [6.07, 6.45) is -4.88. The Balaban J connectivity index is 1.94. The second-order valence-corrected chi connectivity index (χ2v) is 10.3. The third-order valence-corrected chi connectivity index (χ3v) is 6.49. The van der Waals surface area contributed by atoms with E-state index in [1.165, 1.54) is 38.5 Å². The van der Waals surface area contributed by atoms with Crippen LogP contribution in [0, 0.1) is 0 Å². The maximum Gasteiger partial charge on any atom is 0.349 e. The highest BCUT2D eigenvalue weighted by Crippen LogP contribution is 2.30. The van der Waals surface area contributed by atoms with Crippen molar-refractivity contribution in [1.29, 1.82) is 0 Å². The fourth-order valence-corrected chi connectivity index (χ4v) is 4.06. The van der Waals surface area contributed by atoms with E-state index in [9.17, 15) is 38.7 Å². The van der Waals surface area contributed by atoms with Crippen molar-refractivity contribution in [3.63, 3.8) is 0 Å². The Labute approximate surface area is 280 Å². The number of hydrogen-bond acceptors (Lipinski definition) is 13. The number of carbonyl (C=O) groups excluding carboxylic acids is 6. The van der Waals surface area contributed by atoms with Gasteiger partial charge in [0.2, 0.25) is 12.2 Å². The van der Waals surface area contributed by atoms with Crippen LogP contribution < -0.4 is 29.8 Å². The maximum absolute atomic E-state index is 13.3. The zero-order valence-corrected chi connectivity index (χ0v) is 27.1. The summed E-state index contributed by atoms with van der Waals surface area (Å²) in [6, 6.07) is 12.7. The molecule has 16 nitrogen and oxygen atoms in total. The molecule has 3 aromatic rings. The molecule has 0 bridgehead atoms. The van der Waals surface area contributed by atoms with Crippen molar-refractivity contribution in [3.05, 3.63) is 81.8 Å². The standard InChI is InChI=1S/C31H27BrN2O14/c1-15(35)45-21-11-7-18(13-23(21)43-3)30(41)47-25(28(38)34-33-27(37)17-5-9-20(32)10-6-17)26(29(39)40)48-31(42)19-8-12-22(46-16(2)36)24(14-19)44-4/h5-14,25-26H,1-4H3,(H,33,37)(H,34,38)(H,39,40)/t25-,26+/m1/s1. The first-order chi connectivity index (χ1) is 22.7. The molecule has 0 aliphatic carbocycles. The Morgan fingerprint density at radius 2 is 1.06 bits per heavy atom. The quantitative estimate of drug-likeness (QED) is 0.139. The van der Waals surface area contributed by atoms with Gasteiger partial charge >= 0.3 is 29.8 Å². The number of hydrogen-bond donors (Lipinski definition) is 3. The van der Waals surface area contributed by atoms with Crippen LogP contribution in [0.3, 0.4) is 0 Å². The molecule has 2 amide bonds. The molecule has 0 fully saturated rings. The van der Waals surface area contributed by atoms with Gasteiger partial charge in [0.1, 0.15) is 0 Å². The average molecular weight is 731 g/mol. The van der Waals surface area contributed by atoms with Crippen LogP contribution in [0.15, 0.2) is 65.1 Å². The van der Waals surface area contributed by atoms with Crippen molar-refractivity contribution in [3.8, 4) is 23.0 Å². The molecule has 252 valence electrons. The molecule has 3 N–H and O–H groups in total. The van der Waals surface area contributed by atoms with Crippen molar-refractivity contribution in [2.75, 3.05) is 14.2 Å². The number of halogens is 1. The van der Waals surface area contributed by atoms with E-state index in [4.69, 9.17) is 28.4 Å². The number of carboxylic acid groups (broad SMARTS) is 1. The number of benzene rings is 3. The van der Waals surface area contributed by atoms with E-state index in [0.29, 0.717) is 4.47 Å². The number of esters is 4. The van der Waals surface area contributed by atoms with Crippen molar-refractivity contribution in [2.24, 2.45) is 0 Å². The number of amides is 2. The molecule has 0 aromatic heterocycles. The van der Waals surface area contributed by atoms with E-state index in [1.54, 1.807) is 12.1 Å². The zero-order chi connectivity index (χ0) is 35.5. The van der Waals surface area contributed by atoms with Crippen LogP contribution in [0.1, 0.15) is 44.9 Å². The lowest BCUT2D eigenvalue weighted by atomic mass is 10.1. The fraction of sp³-hybridized carbons (Fsp3) is 0.194. The normalized spacial score (nSPS) is 11.5. The van der Waals surface area contributed by atoms with Crippen LogP contribution in [-0.4, -0.2) is 73.2 Å². The van der Waals surface area contributed by atoms with Crippen molar-refractivity contribution < 1.29 is 67.1 Å². The number of nitrogens with one attached hydrogen (secondary N) is 2. The van der Waals surface area contributed by atoms with Gasteiger partial charge in [0.15, 0.2) is 23.0 Å². The van der Waals surface area contributed by atoms with Gasteiger partial charge in [-0.05, 0) is 60.7 Å². The number of aliphatic carboxylic acids is 1. The predicted molar refractivity (Wildman–Crippen MR) is 164 cm³/mol. The molecule has 0 saturated carbocycles. The van der Waals surface area contributed by atoms with Gasteiger partial charge in [-0.2, -0.15) is 0 Å². The molecule has 2 atom stereocenters. The van der Waals surface area contributed by atoms with Gasteiger partial charge in [0.25, 0.3) is 11.8 Å². The smallest absolute Gasteiger partial charge is 0.349 e. The Kier molecular flexibility index (Phi) is 12.6. The third kappa shape index (κ3) is 9.76. The summed E-state index contributed by atoms with van der Waals surface area (Å²) in [7, 11) is 2.43. The maximum atomic E-state index is 13.3. The number of carbonyl (C=O) groups is 7. The Bertz CT molecular complexity index is 1740. The molecule has 17 heteroatoms. The summed E-state index contributed by atoms with van der Waals surface area (Å²) in [5.74, 6) is -8.40. The van der Waals surface area contributed by atoms with Gasteiger partial charge in [0.05, 0.1) is 25.3 Å². The highest BCUT2D eigenvalue weighted by Gasteiger charge is 2.41. The summed E-state index contributed by atoms with van der Waals surface area (Å²) >= 11 is 3.22. The summed E-state index contributed by atoms with van der Waals surface area (Å²) in [5.41, 5.74) is 3.54. The summed E-state index contributed by atoms with van der Waals surface area (Å²) in [5, 5.41) is 10.0. The number of rotatable bonds is 12. The topological polar surface area (TPSA) is 219 Å². The second-order valence-electron chi connectivity index (χ2n) is 9.36. The minimum Gasteiger partial charge on any atom is -0.493 e. The van der Waals surface area contributed by atoms with Crippen LogP contribution in [-0.2, 0) is 28.7 Å². The van der Waals surface area contributed by atoms with E-state index < -0.39 is 53.9 Å². The van der Waals surface area contributed by atoms with Crippen molar-refractivity contribution in [2.45, 2.75) is 26.1 Å². The van der Waals surface area contributed by atoms with E-state index in [0.717, 1.165) is 38.1 Å². The zero-order valence-electron chi connectivity index (χ0n) is 25.6. The van der Waals surface area contributed by atoms with Crippen LogP contribution in [0.2, 0.25) is 0 Å². The van der Waals surface area contributed by atoms with Crippen LogP contribution >= 0.6 is 15.9 Å². The van der Waals surface area contributed by atoms with E-state index in [2.05, 4.69) is 21.4 Å². The summed E-state index contributed by atoms with van der Waals surface area (Å²) in [4.78, 5) is 87.3. The van der Waals surface area contributed by atoms with Crippen molar-refractivity contribution >= 4 is 57.6 Å². The third-order valence-electron chi connectivity index (χ3n) is 5.96. The SMILES string of the molecule is COc1cc(C(=O)O[C@H](C(=O)O)[C@@H](OC(=O)c2ccc(OC(C)=O)c(OC)c2)C(=O)NNC(=O)c2ccc(Br)cc2)ccc1OC(C)=O. The molecule has 0 aliphatic heterocycles. The molecule has 0 aliphatic rings. The summed E-state index contributed by atoms with van der Waals surface area (Å²) in [6.45, 7) is 2.27.